The van der Waals surface area contributed by atoms with Crippen LogP contribution in [0, 0.1) is 12.8 Å². The minimum absolute atomic E-state index is 0.0760. The third-order valence-corrected chi connectivity index (χ3v) is 5.21. The SMILES string of the molecule is Cc1cnc(CC(=O)[C@H](CC2CCCC2)n2cccc(C(F)(F)F)c2=O)cn1. The summed E-state index contributed by atoms with van der Waals surface area (Å²) in [4.78, 5) is 33.7. The molecule has 1 saturated carbocycles. The summed E-state index contributed by atoms with van der Waals surface area (Å²) < 4.78 is 40.4. The molecular formula is C20H22F3N3O2. The Morgan fingerprint density at radius 1 is 1.25 bits per heavy atom. The van der Waals surface area contributed by atoms with Crippen LogP contribution in [-0.4, -0.2) is 20.3 Å². The summed E-state index contributed by atoms with van der Waals surface area (Å²) in [5, 5.41) is 0. The molecule has 0 saturated heterocycles. The van der Waals surface area contributed by atoms with E-state index in [4.69, 9.17) is 0 Å². The Morgan fingerprint density at radius 3 is 2.57 bits per heavy atom. The Morgan fingerprint density at radius 2 is 1.96 bits per heavy atom. The number of halogens is 3. The average Bonchev–Trinajstić information content (AvgIpc) is 3.14. The first-order chi connectivity index (χ1) is 13.3. The Balaban J connectivity index is 1.94. The van der Waals surface area contributed by atoms with E-state index in [9.17, 15) is 22.8 Å². The van der Waals surface area contributed by atoms with Crippen molar-refractivity contribution in [2.45, 2.75) is 57.7 Å². The zero-order valence-electron chi connectivity index (χ0n) is 15.6. The second-order valence-corrected chi connectivity index (χ2v) is 7.33. The molecule has 0 aliphatic heterocycles. The molecule has 0 N–H and O–H groups in total. The van der Waals surface area contributed by atoms with Crippen LogP contribution in [0.15, 0.2) is 35.5 Å². The van der Waals surface area contributed by atoms with E-state index in [1.807, 2.05) is 0 Å². The number of aromatic nitrogens is 3. The highest BCUT2D eigenvalue weighted by Crippen LogP contribution is 2.33. The van der Waals surface area contributed by atoms with Gasteiger partial charge < -0.3 is 4.57 Å². The van der Waals surface area contributed by atoms with Gasteiger partial charge in [0.25, 0.3) is 5.56 Å². The summed E-state index contributed by atoms with van der Waals surface area (Å²) in [6.45, 7) is 1.77. The van der Waals surface area contributed by atoms with Gasteiger partial charge in [-0.2, -0.15) is 13.2 Å². The van der Waals surface area contributed by atoms with Gasteiger partial charge in [-0.1, -0.05) is 25.7 Å². The lowest BCUT2D eigenvalue weighted by Gasteiger charge is -2.23. The predicted octanol–water partition coefficient (Wildman–Crippen LogP) is 3.90. The van der Waals surface area contributed by atoms with E-state index in [1.54, 1.807) is 6.92 Å². The molecule has 0 aromatic carbocycles. The van der Waals surface area contributed by atoms with Gasteiger partial charge in [0.15, 0.2) is 5.78 Å². The Hall–Kier alpha value is -2.51. The minimum atomic E-state index is -4.76. The number of carbonyl (C=O) groups excluding carboxylic acids is 1. The predicted molar refractivity (Wildman–Crippen MR) is 96.8 cm³/mol. The zero-order chi connectivity index (χ0) is 20.3. The number of pyridine rings is 1. The Kier molecular flexibility index (Phi) is 5.96. The Labute approximate surface area is 160 Å². The number of carbonyl (C=O) groups is 1. The van der Waals surface area contributed by atoms with E-state index >= 15 is 0 Å². The second-order valence-electron chi connectivity index (χ2n) is 7.33. The van der Waals surface area contributed by atoms with E-state index in [1.165, 1.54) is 24.7 Å². The maximum Gasteiger partial charge on any atom is 0.421 e. The lowest BCUT2D eigenvalue weighted by Crippen LogP contribution is -2.35. The molecule has 0 spiro atoms. The number of hydrogen-bond acceptors (Lipinski definition) is 4. The summed E-state index contributed by atoms with van der Waals surface area (Å²) in [6.07, 6.45) is 3.72. The molecule has 0 radical (unpaired) electrons. The smallest absolute Gasteiger partial charge is 0.304 e. The van der Waals surface area contributed by atoms with Crippen molar-refractivity contribution < 1.29 is 18.0 Å². The number of hydrogen-bond donors (Lipinski definition) is 0. The van der Waals surface area contributed by atoms with E-state index in [-0.39, 0.29) is 18.1 Å². The molecule has 150 valence electrons. The minimum Gasteiger partial charge on any atom is -0.304 e. The van der Waals surface area contributed by atoms with Gasteiger partial charge in [-0.25, -0.2) is 0 Å². The molecule has 2 aromatic rings. The maximum absolute atomic E-state index is 13.2. The number of alkyl halides is 3. The van der Waals surface area contributed by atoms with Crippen molar-refractivity contribution in [3.63, 3.8) is 0 Å². The van der Waals surface area contributed by atoms with Crippen molar-refractivity contribution in [2.75, 3.05) is 0 Å². The molecule has 1 atom stereocenters. The topological polar surface area (TPSA) is 64.8 Å². The molecule has 28 heavy (non-hydrogen) atoms. The molecule has 2 heterocycles. The van der Waals surface area contributed by atoms with Gasteiger partial charge in [0, 0.05) is 18.6 Å². The Bertz CT molecular complexity index is 885. The normalized spacial score (nSPS) is 16.3. The van der Waals surface area contributed by atoms with Crippen LogP contribution in [0.5, 0.6) is 0 Å². The zero-order valence-corrected chi connectivity index (χ0v) is 15.6. The molecule has 0 unspecified atom stereocenters. The number of rotatable bonds is 6. The van der Waals surface area contributed by atoms with Crippen LogP contribution in [0.25, 0.3) is 0 Å². The van der Waals surface area contributed by atoms with Crippen LogP contribution in [-0.2, 0) is 17.4 Å². The van der Waals surface area contributed by atoms with Gasteiger partial charge in [0.1, 0.15) is 5.56 Å². The van der Waals surface area contributed by atoms with E-state index in [0.717, 1.165) is 36.3 Å². The van der Waals surface area contributed by atoms with Crippen LogP contribution in [0.4, 0.5) is 13.2 Å². The molecule has 1 aliphatic rings. The second kappa shape index (κ2) is 8.24. The molecule has 8 heteroatoms. The van der Waals surface area contributed by atoms with Crippen molar-refractivity contribution in [3.05, 3.63) is 58.0 Å². The van der Waals surface area contributed by atoms with E-state index in [2.05, 4.69) is 9.97 Å². The molecular weight excluding hydrogens is 371 g/mol. The molecule has 3 rings (SSSR count). The molecule has 5 nitrogen and oxygen atoms in total. The van der Waals surface area contributed by atoms with Gasteiger partial charge in [0.2, 0.25) is 0 Å². The molecule has 2 aromatic heterocycles. The fraction of sp³-hybridized carbons (Fsp3) is 0.500. The monoisotopic (exact) mass is 393 g/mol. The van der Waals surface area contributed by atoms with Gasteiger partial charge in [-0.15, -0.1) is 0 Å². The number of ketones is 1. The first-order valence-corrected chi connectivity index (χ1v) is 9.34. The summed E-state index contributed by atoms with van der Waals surface area (Å²) in [5.41, 5.74) is -1.30. The van der Waals surface area contributed by atoms with Crippen molar-refractivity contribution in [1.29, 1.82) is 0 Å². The van der Waals surface area contributed by atoms with Crippen molar-refractivity contribution in [1.82, 2.24) is 14.5 Å². The standard InChI is InChI=1S/C20H22F3N3O2/c1-13-11-25-15(12-24-13)10-18(27)17(9-14-5-2-3-6-14)26-8-4-7-16(19(26)28)20(21,22)23/h4,7-8,11-12,14,17H,2-3,5-6,9-10H2,1H3/t17-/m0/s1. The van der Waals surface area contributed by atoms with Crippen LogP contribution in [0.1, 0.15) is 55.1 Å². The van der Waals surface area contributed by atoms with Crippen molar-refractivity contribution in [3.8, 4) is 0 Å². The summed E-state index contributed by atoms with van der Waals surface area (Å²) in [7, 11) is 0. The van der Waals surface area contributed by atoms with Gasteiger partial charge in [-0.3, -0.25) is 19.6 Å². The fourth-order valence-corrected chi connectivity index (χ4v) is 3.74. The molecule has 1 aliphatic carbocycles. The number of Topliss-reactive ketones (excluding diaryl/α,β-unsaturated/α-hetero) is 1. The maximum atomic E-state index is 13.2. The van der Waals surface area contributed by atoms with Crippen LogP contribution in [0.3, 0.4) is 0 Å². The molecule has 0 bridgehead atoms. The van der Waals surface area contributed by atoms with Crippen LogP contribution < -0.4 is 5.56 Å². The highest BCUT2D eigenvalue weighted by molar-refractivity contribution is 5.84. The molecule has 0 amide bonds. The lowest BCUT2D eigenvalue weighted by molar-refractivity contribution is -0.139. The number of aryl methyl sites for hydroxylation is 1. The summed E-state index contributed by atoms with van der Waals surface area (Å²) >= 11 is 0. The largest absolute Gasteiger partial charge is 0.421 e. The fourth-order valence-electron chi connectivity index (χ4n) is 3.74. The first kappa shape index (κ1) is 20.2. The van der Waals surface area contributed by atoms with Gasteiger partial charge >= 0.3 is 6.18 Å². The first-order valence-electron chi connectivity index (χ1n) is 9.34. The highest BCUT2D eigenvalue weighted by atomic mass is 19.4. The third kappa shape index (κ3) is 4.66. The van der Waals surface area contributed by atoms with Crippen LogP contribution >= 0.6 is 0 Å². The van der Waals surface area contributed by atoms with E-state index in [0.29, 0.717) is 17.8 Å². The van der Waals surface area contributed by atoms with Gasteiger partial charge in [-0.05, 0) is 31.4 Å². The van der Waals surface area contributed by atoms with E-state index < -0.39 is 23.3 Å². The summed E-state index contributed by atoms with van der Waals surface area (Å²) in [5.74, 6) is -0.106. The van der Waals surface area contributed by atoms with Crippen molar-refractivity contribution in [2.24, 2.45) is 5.92 Å². The number of nitrogens with zero attached hydrogens (tertiary/aromatic N) is 3. The van der Waals surface area contributed by atoms with Crippen LogP contribution in [0.2, 0.25) is 0 Å². The lowest BCUT2D eigenvalue weighted by atomic mass is 9.93. The van der Waals surface area contributed by atoms with Gasteiger partial charge in [0.05, 0.1) is 23.9 Å². The summed E-state index contributed by atoms with van der Waals surface area (Å²) in [6, 6.07) is 0.979. The highest BCUT2D eigenvalue weighted by Gasteiger charge is 2.36. The quantitative estimate of drug-likeness (QED) is 0.747. The molecule has 1 fully saturated rings. The average molecular weight is 393 g/mol. The van der Waals surface area contributed by atoms with Crippen molar-refractivity contribution >= 4 is 5.78 Å². The third-order valence-electron chi connectivity index (χ3n) is 5.21.